The molecule has 92 valence electrons. The molecule has 0 aliphatic rings. The van der Waals surface area contributed by atoms with Crippen LogP contribution in [0.1, 0.15) is 12.0 Å². The molecule has 1 N–H and O–H groups in total. The number of carbonyl (C=O) groups excluding carboxylic acids is 1. The fourth-order valence-electron chi connectivity index (χ4n) is 1.56. The van der Waals surface area contributed by atoms with E-state index in [1.807, 2.05) is 36.4 Å². The largest absolute Gasteiger partial charge is 0.311 e. The lowest BCUT2D eigenvalue weighted by atomic mass is 10.1. The van der Waals surface area contributed by atoms with E-state index in [-0.39, 0.29) is 5.91 Å². The van der Waals surface area contributed by atoms with E-state index < -0.39 is 0 Å². The first-order valence-corrected chi connectivity index (χ1v) is 6.49. The number of amides is 1. The van der Waals surface area contributed by atoms with Crippen molar-refractivity contribution in [3.8, 4) is 0 Å². The average Bonchev–Trinajstić information content (AvgIpc) is 2.40. The van der Waals surface area contributed by atoms with Crippen molar-refractivity contribution in [2.24, 2.45) is 0 Å². The van der Waals surface area contributed by atoms with Gasteiger partial charge in [0.2, 0.25) is 5.91 Å². The molecular weight excluding hydrogens is 292 g/mol. The number of aromatic nitrogens is 1. The fourth-order valence-corrected chi connectivity index (χ4v) is 1.79. The number of hydrogen-bond donors (Lipinski definition) is 1. The number of pyridine rings is 1. The van der Waals surface area contributed by atoms with E-state index in [9.17, 15) is 4.79 Å². The Labute approximate surface area is 114 Å². The predicted octanol–water partition coefficient (Wildman–Crippen LogP) is 3.42. The maximum Gasteiger partial charge on any atom is 0.225 e. The number of carbonyl (C=O) groups is 1. The van der Waals surface area contributed by atoms with Gasteiger partial charge in [-0.3, -0.25) is 4.79 Å². The van der Waals surface area contributed by atoms with E-state index in [0.29, 0.717) is 12.2 Å². The van der Waals surface area contributed by atoms with E-state index >= 15 is 0 Å². The van der Waals surface area contributed by atoms with Gasteiger partial charge in [-0.1, -0.05) is 30.3 Å². The van der Waals surface area contributed by atoms with Gasteiger partial charge in [0, 0.05) is 17.1 Å². The molecule has 0 bridgehead atoms. The lowest BCUT2D eigenvalue weighted by Crippen LogP contribution is -2.13. The summed E-state index contributed by atoms with van der Waals surface area (Å²) in [4.78, 5) is 15.8. The Balaban J connectivity index is 1.84. The van der Waals surface area contributed by atoms with Gasteiger partial charge in [-0.15, -0.1) is 0 Å². The zero-order valence-corrected chi connectivity index (χ0v) is 11.4. The first-order valence-electron chi connectivity index (χ1n) is 5.69. The van der Waals surface area contributed by atoms with Gasteiger partial charge in [-0.05, 0) is 40.0 Å². The monoisotopic (exact) mass is 304 g/mol. The van der Waals surface area contributed by atoms with Crippen LogP contribution in [0.15, 0.2) is 53.1 Å². The SMILES string of the molecule is O=C(CCc1ccccc1)Nc1ccc(Br)cn1. The van der Waals surface area contributed by atoms with Gasteiger partial charge in [0.05, 0.1) is 0 Å². The number of benzene rings is 1. The Morgan fingerprint density at radius 3 is 2.61 bits per heavy atom. The molecule has 2 rings (SSSR count). The van der Waals surface area contributed by atoms with Gasteiger partial charge in [0.25, 0.3) is 0 Å². The molecule has 18 heavy (non-hydrogen) atoms. The quantitative estimate of drug-likeness (QED) is 0.940. The zero-order valence-electron chi connectivity index (χ0n) is 9.77. The molecule has 0 radical (unpaired) electrons. The second-order valence-electron chi connectivity index (χ2n) is 3.90. The number of halogens is 1. The van der Waals surface area contributed by atoms with Crippen LogP contribution in [0.5, 0.6) is 0 Å². The summed E-state index contributed by atoms with van der Waals surface area (Å²) in [6.07, 6.45) is 2.86. The summed E-state index contributed by atoms with van der Waals surface area (Å²) in [5.41, 5.74) is 1.16. The molecule has 1 amide bonds. The lowest BCUT2D eigenvalue weighted by Gasteiger charge is -2.04. The van der Waals surface area contributed by atoms with Crippen LogP contribution in [-0.2, 0) is 11.2 Å². The Bertz CT molecular complexity index is 511. The summed E-state index contributed by atoms with van der Waals surface area (Å²) >= 11 is 3.30. The van der Waals surface area contributed by atoms with Gasteiger partial charge in [0.1, 0.15) is 5.82 Å². The van der Waals surface area contributed by atoms with Crippen LogP contribution in [-0.4, -0.2) is 10.9 Å². The highest BCUT2D eigenvalue weighted by molar-refractivity contribution is 9.10. The molecule has 1 heterocycles. The summed E-state index contributed by atoms with van der Waals surface area (Å²) in [5.74, 6) is 0.560. The van der Waals surface area contributed by atoms with Crippen LogP contribution in [0, 0.1) is 0 Å². The molecule has 0 atom stereocenters. The Morgan fingerprint density at radius 1 is 1.17 bits per heavy atom. The third-order valence-electron chi connectivity index (χ3n) is 2.48. The minimum absolute atomic E-state index is 0.0197. The van der Waals surface area contributed by atoms with Crippen molar-refractivity contribution < 1.29 is 4.79 Å². The second-order valence-corrected chi connectivity index (χ2v) is 4.81. The lowest BCUT2D eigenvalue weighted by molar-refractivity contribution is -0.116. The van der Waals surface area contributed by atoms with Crippen LogP contribution < -0.4 is 5.32 Å². The summed E-state index contributed by atoms with van der Waals surface area (Å²) in [6, 6.07) is 13.6. The minimum Gasteiger partial charge on any atom is -0.311 e. The first-order chi connectivity index (χ1) is 8.74. The maximum atomic E-state index is 11.7. The van der Waals surface area contributed by atoms with E-state index in [1.165, 1.54) is 0 Å². The molecular formula is C14H13BrN2O. The Kier molecular flexibility index (Phi) is 4.47. The van der Waals surface area contributed by atoms with Crippen molar-refractivity contribution in [2.45, 2.75) is 12.8 Å². The first kappa shape index (κ1) is 12.8. The van der Waals surface area contributed by atoms with Gasteiger partial charge in [-0.25, -0.2) is 4.98 Å². The smallest absolute Gasteiger partial charge is 0.225 e. The van der Waals surface area contributed by atoms with E-state index in [4.69, 9.17) is 0 Å². The van der Waals surface area contributed by atoms with Crippen molar-refractivity contribution in [2.75, 3.05) is 5.32 Å². The van der Waals surface area contributed by atoms with E-state index in [0.717, 1.165) is 16.5 Å². The van der Waals surface area contributed by atoms with Gasteiger partial charge >= 0.3 is 0 Å². The highest BCUT2D eigenvalue weighted by Gasteiger charge is 2.03. The van der Waals surface area contributed by atoms with Crippen LogP contribution in [0.2, 0.25) is 0 Å². The average molecular weight is 305 g/mol. The molecule has 2 aromatic rings. The highest BCUT2D eigenvalue weighted by Crippen LogP contribution is 2.11. The molecule has 0 spiro atoms. The van der Waals surface area contributed by atoms with Crippen LogP contribution in [0.25, 0.3) is 0 Å². The molecule has 0 aliphatic heterocycles. The van der Waals surface area contributed by atoms with Crippen molar-refractivity contribution in [3.05, 3.63) is 58.7 Å². The van der Waals surface area contributed by atoms with Gasteiger partial charge < -0.3 is 5.32 Å². The summed E-state index contributed by atoms with van der Waals surface area (Å²) < 4.78 is 0.893. The summed E-state index contributed by atoms with van der Waals surface area (Å²) in [7, 11) is 0. The molecule has 0 saturated carbocycles. The molecule has 4 heteroatoms. The molecule has 0 aliphatic carbocycles. The fraction of sp³-hybridized carbons (Fsp3) is 0.143. The maximum absolute atomic E-state index is 11.7. The molecule has 1 aromatic heterocycles. The number of hydrogen-bond acceptors (Lipinski definition) is 2. The van der Waals surface area contributed by atoms with Crippen LogP contribution in [0.3, 0.4) is 0 Å². The predicted molar refractivity (Wildman–Crippen MR) is 75.3 cm³/mol. The number of nitrogens with one attached hydrogen (secondary N) is 1. The van der Waals surface area contributed by atoms with Crippen molar-refractivity contribution >= 4 is 27.7 Å². The molecule has 0 fully saturated rings. The summed E-state index contributed by atoms with van der Waals surface area (Å²) in [5, 5.41) is 2.77. The standard InChI is InChI=1S/C14H13BrN2O/c15-12-7-8-13(16-10-12)17-14(18)9-6-11-4-2-1-3-5-11/h1-5,7-8,10H,6,9H2,(H,16,17,18). The van der Waals surface area contributed by atoms with Crippen molar-refractivity contribution in [1.82, 2.24) is 4.98 Å². The third kappa shape index (κ3) is 3.96. The minimum atomic E-state index is -0.0197. The second kappa shape index (κ2) is 6.31. The Morgan fingerprint density at radius 2 is 1.94 bits per heavy atom. The number of anilines is 1. The molecule has 0 unspecified atom stereocenters. The van der Waals surface area contributed by atoms with E-state index in [2.05, 4.69) is 26.2 Å². The van der Waals surface area contributed by atoms with Crippen LogP contribution >= 0.6 is 15.9 Å². The van der Waals surface area contributed by atoms with Crippen molar-refractivity contribution in [1.29, 1.82) is 0 Å². The normalized spacial score (nSPS) is 10.1. The number of rotatable bonds is 4. The molecule has 1 aromatic carbocycles. The topological polar surface area (TPSA) is 42.0 Å². The number of nitrogens with zero attached hydrogens (tertiary/aromatic N) is 1. The molecule has 0 saturated heterocycles. The van der Waals surface area contributed by atoms with E-state index in [1.54, 1.807) is 12.3 Å². The molecule has 3 nitrogen and oxygen atoms in total. The third-order valence-corrected chi connectivity index (χ3v) is 2.95. The van der Waals surface area contributed by atoms with Crippen molar-refractivity contribution in [3.63, 3.8) is 0 Å². The van der Waals surface area contributed by atoms with Gasteiger partial charge in [-0.2, -0.15) is 0 Å². The zero-order chi connectivity index (χ0) is 12.8. The van der Waals surface area contributed by atoms with Gasteiger partial charge in [0.15, 0.2) is 0 Å². The van der Waals surface area contributed by atoms with Crippen LogP contribution in [0.4, 0.5) is 5.82 Å². The Hall–Kier alpha value is -1.68. The summed E-state index contributed by atoms with van der Waals surface area (Å²) in [6.45, 7) is 0. The highest BCUT2D eigenvalue weighted by atomic mass is 79.9. The number of aryl methyl sites for hydroxylation is 1.